The number of benzene rings is 1. The molecule has 0 N–H and O–H groups in total. The van der Waals surface area contributed by atoms with Gasteiger partial charge in [0, 0.05) is 49.2 Å². The van der Waals surface area contributed by atoms with Crippen LogP contribution < -0.4 is 4.90 Å². The van der Waals surface area contributed by atoms with Gasteiger partial charge in [0.1, 0.15) is 0 Å². The first-order chi connectivity index (χ1) is 14.6. The summed E-state index contributed by atoms with van der Waals surface area (Å²) in [7, 11) is 0. The molecule has 6 nitrogen and oxygen atoms in total. The molecule has 0 radical (unpaired) electrons. The van der Waals surface area contributed by atoms with E-state index >= 15 is 0 Å². The Balaban J connectivity index is 1.47. The highest BCUT2D eigenvalue weighted by atomic mass is 16.2. The average Bonchev–Trinajstić information content (AvgIpc) is 3.09. The predicted octanol–water partition coefficient (Wildman–Crippen LogP) is 4.13. The Morgan fingerprint density at radius 2 is 2.00 bits per heavy atom. The van der Waals surface area contributed by atoms with Gasteiger partial charge in [0.15, 0.2) is 0 Å². The molecule has 4 rings (SSSR count). The van der Waals surface area contributed by atoms with Crippen LogP contribution in [0.25, 0.3) is 10.9 Å². The van der Waals surface area contributed by atoms with E-state index in [4.69, 9.17) is 5.10 Å². The maximum Gasteiger partial charge on any atom is 0.228 e. The third kappa shape index (κ3) is 3.91. The summed E-state index contributed by atoms with van der Waals surface area (Å²) in [6.07, 6.45) is 8.07. The lowest BCUT2D eigenvalue weighted by Gasteiger charge is -2.36. The highest BCUT2D eigenvalue weighted by molar-refractivity contribution is 6.07. The zero-order chi connectivity index (χ0) is 21.1. The lowest BCUT2D eigenvalue weighted by atomic mass is 9.93. The Labute approximate surface area is 178 Å². The van der Waals surface area contributed by atoms with Gasteiger partial charge in [-0.3, -0.25) is 14.5 Å². The van der Waals surface area contributed by atoms with Crippen LogP contribution in [0.4, 0.5) is 5.69 Å². The first-order valence-corrected chi connectivity index (χ1v) is 11.0. The molecule has 1 aromatic carbocycles. The number of carbonyl (C=O) groups excluding carboxylic acids is 1. The highest BCUT2D eigenvalue weighted by Crippen LogP contribution is 2.36. The standard InChI is InChI=1S/C24H31N5O/c1-4-18(25-6-3)16-24(30)28-14-12-27(13-15-28)20-10-11-21-22(5-2)26-29(23(21)17-20)19-8-7-9-19/h4,6,10-11,17,19H,1,3,5,7-9,12-16H2,2H3. The number of rotatable bonds is 7. The molecule has 1 saturated carbocycles. The molecule has 1 aliphatic heterocycles. The number of carbonyl (C=O) groups is 1. The summed E-state index contributed by atoms with van der Waals surface area (Å²) in [5.74, 6) is 0.0984. The summed E-state index contributed by atoms with van der Waals surface area (Å²) < 4.78 is 2.26. The Kier molecular flexibility index (Phi) is 6.02. The lowest BCUT2D eigenvalue weighted by molar-refractivity contribution is -0.130. The summed E-state index contributed by atoms with van der Waals surface area (Å²) in [5, 5.41) is 6.20. The molecule has 2 aliphatic rings. The van der Waals surface area contributed by atoms with Crippen molar-refractivity contribution in [2.45, 2.75) is 45.1 Å². The Morgan fingerprint density at radius 3 is 2.60 bits per heavy atom. The summed E-state index contributed by atoms with van der Waals surface area (Å²) in [4.78, 5) is 21.0. The van der Waals surface area contributed by atoms with E-state index in [0.717, 1.165) is 32.6 Å². The Bertz CT molecular complexity index is 977. The van der Waals surface area contributed by atoms with Crippen molar-refractivity contribution >= 4 is 28.2 Å². The monoisotopic (exact) mass is 405 g/mol. The number of nitrogens with zero attached hydrogens (tertiary/aromatic N) is 5. The van der Waals surface area contributed by atoms with Gasteiger partial charge in [-0.15, -0.1) is 0 Å². The van der Waals surface area contributed by atoms with E-state index in [1.807, 2.05) is 4.90 Å². The topological polar surface area (TPSA) is 53.7 Å². The number of aryl methyl sites for hydroxylation is 1. The maximum atomic E-state index is 12.6. The number of hydrogen-bond donors (Lipinski definition) is 0. The van der Waals surface area contributed by atoms with Gasteiger partial charge in [0.2, 0.25) is 5.91 Å². The van der Waals surface area contributed by atoms with Crippen LogP contribution in [-0.2, 0) is 11.2 Å². The van der Waals surface area contributed by atoms with Gasteiger partial charge >= 0.3 is 0 Å². The predicted molar refractivity (Wildman–Crippen MR) is 123 cm³/mol. The van der Waals surface area contributed by atoms with E-state index in [1.54, 1.807) is 6.08 Å². The average molecular weight is 406 g/mol. The fraction of sp³-hybridized carbons (Fsp3) is 0.458. The Morgan fingerprint density at radius 1 is 1.23 bits per heavy atom. The largest absolute Gasteiger partial charge is 0.368 e. The molecule has 158 valence electrons. The third-order valence-electron chi connectivity index (χ3n) is 6.35. The van der Waals surface area contributed by atoms with Crippen molar-refractivity contribution in [3.8, 4) is 0 Å². The molecule has 0 unspecified atom stereocenters. The molecule has 0 atom stereocenters. The zero-order valence-electron chi connectivity index (χ0n) is 17.9. The van der Waals surface area contributed by atoms with Crippen LogP contribution in [0.5, 0.6) is 0 Å². The highest BCUT2D eigenvalue weighted by Gasteiger charge is 2.25. The number of amides is 1. The molecule has 30 heavy (non-hydrogen) atoms. The van der Waals surface area contributed by atoms with Gasteiger partial charge in [0.05, 0.1) is 23.7 Å². The summed E-state index contributed by atoms with van der Waals surface area (Å²) >= 11 is 0. The summed E-state index contributed by atoms with van der Waals surface area (Å²) in [5.41, 5.74) is 4.33. The van der Waals surface area contributed by atoms with Crippen LogP contribution >= 0.6 is 0 Å². The Hall–Kier alpha value is -2.89. The van der Waals surface area contributed by atoms with Crippen LogP contribution in [0.15, 0.2) is 48.6 Å². The third-order valence-corrected chi connectivity index (χ3v) is 6.35. The van der Waals surface area contributed by atoms with Gasteiger partial charge in [0.25, 0.3) is 0 Å². The SMILES string of the molecule is C=CN=C(C=C)CC(=O)N1CCN(c2ccc3c(CC)nn(C4CCC4)c3c2)CC1. The van der Waals surface area contributed by atoms with Crippen molar-refractivity contribution in [3.05, 3.63) is 49.3 Å². The van der Waals surface area contributed by atoms with Crippen LogP contribution in [-0.4, -0.2) is 52.5 Å². The van der Waals surface area contributed by atoms with Crippen molar-refractivity contribution in [1.82, 2.24) is 14.7 Å². The minimum Gasteiger partial charge on any atom is -0.368 e. The molecule has 2 heterocycles. The minimum absolute atomic E-state index is 0.0984. The van der Waals surface area contributed by atoms with E-state index in [1.165, 1.54) is 47.7 Å². The van der Waals surface area contributed by atoms with Crippen molar-refractivity contribution in [1.29, 1.82) is 0 Å². The number of allylic oxidation sites excluding steroid dienone is 1. The minimum atomic E-state index is 0.0984. The van der Waals surface area contributed by atoms with Crippen molar-refractivity contribution in [2.24, 2.45) is 4.99 Å². The van der Waals surface area contributed by atoms with Gasteiger partial charge < -0.3 is 9.80 Å². The molecule has 1 saturated heterocycles. The quantitative estimate of drug-likeness (QED) is 0.651. The smallest absolute Gasteiger partial charge is 0.228 e. The first-order valence-electron chi connectivity index (χ1n) is 11.0. The summed E-state index contributed by atoms with van der Waals surface area (Å²) in [6, 6.07) is 7.28. The van der Waals surface area contributed by atoms with E-state index in [9.17, 15) is 4.79 Å². The molecule has 2 aromatic rings. The number of aliphatic imine (C=N–C) groups is 1. The number of fused-ring (bicyclic) bond motifs is 1. The van der Waals surface area contributed by atoms with E-state index in [-0.39, 0.29) is 12.3 Å². The molecule has 1 aliphatic carbocycles. The second kappa shape index (κ2) is 8.86. The zero-order valence-corrected chi connectivity index (χ0v) is 17.9. The number of piperazine rings is 1. The lowest BCUT2D eigenvalue weighted by Crippen LogP contribution is -2.49. The van der Waals surface area contributed by atoms with Gasteiger partial charge in [-0.25, -0.2) is 0 Å². The van der Waals surface area contributed by atoms with Crippen molar-refractivity contribution in [3.63, 3.8) is 0 Å². The molecule has 1 aromatic heterocycles. The fourth-order valence-corrected chi connectivity index (χ4v) is 4.33. The number of anilines is 1. The van der Waals surface area contributed by atoms with E-state index < -0.39 is 0 Å². The molecular weight excluding hydrogens is 374 g/mol. The van der Waals surface area contributed by atoms with Gasteiger partial charge in [-0.2, -0.15) is 5.10 Å². The van der Waals surface area contributed by atoms with E-state index in [0.29, 0.717) is 11.8 Å². The van der Waals surface area contributed by atoms with Crippen molar-refractivity contribution < 1.29 is 4.79 Å². The fourth-order valence-electron chi connectivity index (χ4n) is 4.33. The number of aromatic nitrogens is 2. The molecule has 1 amide bonds. The van der Waals surface area contributed by atoms with E-state index in [2.05, 4.69) is 52.9 Å². The van der Waals surface area contributed by atoms with Crippen molar-refractivity contribution in [2.75, 3.05) is 31.1 Å². The molecule has 0 bridgehead atoms. The molecular formula is C24H31N5O. The van der Waals surface area contributed by atoms with Crippen LogP contribution in [0.3, 0.4) is 0 Å². The van der Waals surface area contributed by atoms with Gasteiger partial charge in [-0.05, 0) is 50.0 Å². The first kappa shape index (κ1) is 20.4. The van der Waals surface area contributed by atoms with Crippen LogP contribution in [0, 0.1) is 0 Å². The molecule has 0 spiro atoms. The van der Waals surface area contributed by atoms with Gasteiger partial charge in [-0.1, -0.05) is 20.1 Å². The normalized spacial score (nSPS) is 17.8. The molecule has 6 heteroatoms. The van der Waals surface area contributed by atoms with Crippen LogP contribution in [0.2, 0.25) is 0 Å². The second-order valence-electron chi connectivity index (χ2n) is 8.08. The summed E-state index contributed by atoms with van der Waals surface area (Å²) in [6.45, 7) is 12.6. The second-order valence-corrected chi connectivity index (χ2v) is 8.08. The molecule has 2 fully saturated rings. The number of hydrogen-bond acceptors (Lipinski definition) is 4. The maximum absolute atomic E-state index is 12.6. The van der Waals surface area contributed by atoms with Crippen LogP contribution in [0.1, 0.15) is 44.3 Å².